The van der Waals surface area contributed by atoms with Crippen LogP contribution in [0.5, 0.6) is 5.75 Å². The Morgan fingerprint density at radius 2 is 2.03 bits per heavy atom. The summed E-state index contributed by atoms with van der Waals surface area (Å²) in [5.74, 6) is 0.382. The lowest BCUT2D eigenvalue weighted by molar-refractivity contribution is -0.0765. The Kier molecular flexibility index (Phi) is 7.22. The minimum Gasteiger partial charge on any atom is -0.490 e. The SMILES string of the molecule is C=CCOc1cccc(C(=O)NCC2CCC3(CCN(Cc4ccccc4F)CC3)O2)c1. The van der Waals surface area contributed by atoms with Crippen LogP contribution >= 0.6 is 0 Å². The molecule has 0 aliphatic carbocycles. The van der Waals surface area contributed by atoms with Gasteiger partial charge in [0.25, 0.3) is 5.91 Å². The van der Waals surface area contributed by atoms with Crippen molar-refractivity contribution in [2.75, 3.05) is 26.2 Å². The van der Waals surface area contributed by atoms with Crippen LogP contribution < -0.4 is 10.1 Å². The number of rotatable bonds is 8. The fraction of sp³-hybridized carbons (Fsp3) is 0.423. The first-order valence-corrected chi connectivity index (χ1v) is 11.3. The zero-order valence-corrected chi connectivity index (χ0v) is 18.4. The predicted molar refractivity (Wildman–Crippen MR) is 122 cm³/mol. The van der Waals surface area contributed by atoms with Crippen molar-refractivity contribution < 1.29 is 18.7 Å². The fourth-order valence-electron chi connectivity index (χ4n) is 4.58. The number of amides is 1. The highest BCUT2D eigenvalue weighted by Crippen LogP contribution is 2.39. The first-order valence-electron chi connectivity index (χ1n) is 11.3. The highest BCUT2D eigenvalue weighted by atomic mass is 19.1. The minimum atomic E-state index is -0.140. The van der Waals surface area contributed by atoms with Gasteiger partial charge in [-0.05, 0) is 49.9 Å². The molecule has 1 amide bonds. The first kappa shape index (κ1) is 22.5. The summed E-state index contributed by atoms with van der Waals surface area (Å²) in [6.45, 7) is 6.96. The fourth-order valence-corrected chi connectivity index (χ4v) is 4.58. The van der Waals surface area contributed by atoms with Crippen LogP contribution in [-0.2, 0) is 11.3 Å². The lowest BCUT2D eigenvalue weighted by Gasteiger charge is -2.39. The monoisotopic (exact) mass is 438 g/mol. The van der Waals surface area contributed by atoms with Crippen LogP contribution in [0, 0.1) is 5.82 Å². The van der Waals surface area contributed by atoms with Crippen molar-refractivity contribution in [2.45, 2.75) is 43.9 Å². The lowest BCUT2D eigenvalue weighted by Crippen LogP contribution is -2.45. The molecule has 2 heterocycles. The zero-order valence-electron chi connectivity index (χ0n) is 18.4. The maximum Gasteiger partial charge on any atom is 0.251 e. The van der Waals surface area contributed by atoms with Gasteiger partial charge in [-0.1, -0.05) is 36.9 Å². The van der Waals surface area contributed by atoms with Gasteiger partial charge < -0.3 is 14.8 Å². The maximum absolute atomic E-state index is 13.9. The van der Waals surface area contributed by atoms with Gasteiger partial charge in [0, 0.05) is 37.3 Å². The Hall–Kier alpha value is -2.70. The molecule has 1 spiro atoms. The number of carbonyl (C=O) groups is 1. The number of hydrogen-bond donors (Lipinski definition) is 1. The topological polar surface area (TPSA) is 50.8 Å². The molecular formula is C26H31FN2O3. The third-order valence-corrected chi connectivity index (χ3v) is 6.41. The van der Waals surface area contributed by atoms with Crippen molar-refractivity contribution >= 4 is 5.91 Å². The molecule has 0 bridgehead atoms. The summed E-state index contributed by atoms with van der Waals surface area (Å²) < 4.78 is 25.9. The molecule has 2 aromatic carbocycles. The van der Waals surface area contributed by atoms with Gasteiger partial charge in [-0.25, -0.2) is 4.39 Å². The number of piperidine rings is 1. The quantitative estimate of drug-likeness (QED) is 0.623. The zero-order chi connectivity index (χ0) is 22.4. The molecule has 1 atom stereocenters. The molecule has 1 N–H and O–H groups in total. The first-order chi connectivity index (χ1) is 15.6. The second-order valence-corrected chi connectivity index (χ2v) is 8.67. The number of likely N-dealkylation sites (tertiary alicyclic amines) is 1. The third kappa shape index (κ3) is 5.56. The van der Waals surface area contributed by atoms with E-state index >= 15 is 0 Å². The third-order valence-electron chi connectivity index (χ3n) is 6.41. The molecule has 32 heavy (non-hydrogen) atoms. The lowest BCUT2D eigenvalue weighted by atomic mass is 9.88. The molecule has 2 fully saturated rings. The Balaban J connectivity index is 1.23. The molecule has 6 heteroatoms. The van der Waals surface area contributed by atoms with E-state index in [-0.39, 0.29) is 23.4 Å². The Morgan fingerprint density at radius 1 is 1.22 bits per heavy atom. The summed E-state index contributed by atoms with van der Waals surface area (Å²) in [4.78, 5) is 14.9. The van der Waals surface area contributed by atoms with Crippen molar-refractivity contribution in [2.24, 2.45) is 0 Å². The van der Waals surface area contributed by atoms with Gasteiger partial charge in [0.2, 0.25) is 0 Å². The van der Waals surface area contributed by atoms with E-state index in [2.05, 4.69) is 16.8 Å². The van der Waals surface area contributed by atoms with E-state index in [0.717, 1.165) is 44.3 Å². The van der Waals surface area contributed by atoms with E-state index in [1.54, 1.807) is 24.3 Å². The van der Waals surface area contributed by atoms with Gasteiger partial charge in [0.1, 0.15) is 18.2 Å². The van der Waals surface area contributed by atoms with Crippen LogP contribution in [0.2, 0.25) is 0 Å². The Bertz CT molecular complexity index is 940. The summed E-state index contributed by atoms with van der Waals surface area (Å²) in [6.07, 6.45) is 5.52. The van der Waals surface area contributed by atoms with Crippen molar-refractivity contribution in [3.63, 3.8) is 0 Å². The average Bonchev–Trinajstić information content (AvgIpc) is 3.22. The number of ether oxygens (including phenoxy) is 2. The Labute approximate surface area is 189 Å². The van der Waals surface area contributed by atoms with Crippen molar-refractivity contribution in [1.29, 1.82) is 0 Å². The van der Waals surface area contributed by atoms with Gasteiger partial charge in [-0.3, -0.25) is 9.69 Å². The molecule has 0 aromatic heterocycles. The minimum absolute atomic E-state index is 0.0252. The molecular weight excluding hydrogens is 407 g/mol. The molecule has 4 rings (SSSR count). The highest BCUT2D eigenvalue weighted by molar-refractivity contribution is 5.94. The molecule has 170 valence electrons. The van der Waals surface area contributed by atoms with Gasteiger partial charge in [-0.2, -0.15) is 0 Å². The number of hydrogen-bond acceptors (Lipinski definition) is 4. The van der Waals surface area contributed by atoms with Crippen LogP contribution in [-0.4, -0.2) is 48.8 Å². The van der Waals surface area contributed by atoms with Crippen molar-refractivity contribution in [3.05, 3.63) is 78.1 Å². The van der Waals surface area contributed by atoms with E-state index in [4.69, 9.17) is 9.47 Å². The second-order valence-electron chi connectivity index (χ2n) is 8.67. The van der Waals surface area contributed by atoms with Crippen LogP contribution in [0.15, 0.2) is 61.2 Å². The van der Waals surface area contributed by atoms with E-state index in [0.29, 0.717) is 31.0 Å². The van der Waals surface area contributed by atoms with E-state index in [1.807, 2.05) is 24.3 Å². The van der Waals surface area contributed by atoms with E-state index < -0.39 is 0 Å². The molecule has 2 saturated heterocycles. The Morgan fingerprint density at radius 3 is 2.81 bits per heavy atom. The molecule has 1 unspecified atom stereocenters. The summed E-state index contributed by atoms with van der Waals surface area (Å²) in [6, 6.07) is 14.1. The smallest absolute Gasteiger partial charge is 0.251 e. The number of carbonyl (C=O) groups excluding carboxylic acids is 1. The standard InChI is InChI=1S/C26H31FN2O3/c1-2-16-31-22-8-5-7-20(17-22)25(30)28-18-23-10-11-26(32-23)12-14-29(15-13-26)19-21-6-3-4-9-24(21)27/h2-9,17,23H,1,10-16,18-19H2,(H,28,30). The second kappa shape index (κ2) is 10.3. The molecule has 2 aliphatic heterocycles. The van der Waals surface area contributed by atoms with Crippen LogP contribution in [0.4, 0.5) is 4.39 Å². The summed E-state index contributed by atoms with van der Waals surface area (Å²) in [5.41, 5.74) is 1.20. The average molecular weight is 439 g/mol. The predicted octanol–water partition coefficient (Wildman–Crippen LogP) is 4.33. The molecule has 5 nitrogen and oxygen atoms in total. The molecule has 2 aromatic rings. The van der Waals surface area contributed by atoms with Gasteiger partial charge in [0.05, 0.1) is 11.7 Å². The number of nitrogens with one attached hydrogen (secondary N) is 1. The summed E-state index contributed by atoms with van der Waals surface area (Å²) in [5, 5.41) is 3.00. The summed E-state index contributed by atoms with van der Waals surface area (Å²) in [7, 11) is 0. The van der Waals surface area contributed by atoms with Crippen LogP contribution in [0.3, 0.4) is 0 Å². The van der Waals surface area contributed by atoms with E-state index in [9.17, 15) is 9.18 Å². The number of halogens is 1. The normalized spacial score (nSPS) is 20.2. The van der Waals surface area contributed by atoms with Crippen LogP contribution in [0.1, 0.15) is 41.6 Å². The number of nitrogens with zero attached hydrogens (tertiary/aromatic N) is 1. The highest BCUT2D eigenvalue weighted by Gasteiger charge is 2.42. The maximum atomic E-state index is 13.9. The summed E-state index contributed by atoms with van der Waals surface area (Å²) >= 11 is 0. The molecule has 0 radical (unpaired) electrons. The van der Waals surface area contributed by atoms with Crippen molar-refractivity contribution in [3.8, 4) is 5.75 Å². The van der Waals surface area contributed by atoms with Gasteiger partial charge >= 0.3 is 0 Å². The van der Waals surface area contributed by atoms with Gasteiger partial charge in [0.15, 0.2) is 0 Å². The number of benzene rings is 2. The van der Waals surface area contributed by atoms with E-state index in [1.165, 1.54) is 6.07 Å². The molecule has 2 aliphatic rings. The van der Waals surface area contributed by atoms with Crippen LogP contribution in [0.25, 0.3) is 0 Å². The molecule has 0 saturated carbocycles. The van der Waals surface area contributed by atoms with Crippen molar-refractivity contribution in [1.82, 2.24) is 10.2 Å². The largest absolute Gasteiger partial charge is 0.490 e. The van der Waals surface area contributed by atoms with Gasteiger partial charge in [-0.15, -0.1) is 0 Å².